The molecule has 12 N–H and O–H groups in total. The van der Waals surface area contributed by atoms with E-state index in [0.717, 1.165) is 221 Å². The summed E-state index contributed by atoms with van der Waals surface area (Å²) in [4.78, 5) is 75.4. The molecule has 780 valence electrons. The standard InChI is InChI=1S/C19H23FN6.C18H21FN6.C17H17F3N6.C17H19FN6O.C17H18FN5O.C16H17FN6O/c1-11-12(2)22-17(13-7-5-3-4-6-8-13)23-16(11)24-19-15-9-14(20)10-21-18(15)25-26-19;1-11-8-15(22-16(21-11)12-6-4-2-3-5-7-12)23-18-14-9-13(19)10-20-17(14)24-25-18;1-9-6-13(23-14(22-9)10-2-4-17(19,20)5-3-10)24-16-12-7-11(18)8-21-15(12)25-26-16;1-9-10(2)20-15(11-3-5-25-6-4-11)21-14(9)22-17-13-7-12(18)8-19-16(13)23-24-17;1-10-8-15(20-16(19-10)11-4-6-24-7-5-11)21-17-13-9-12(18)2-3-14(13)22-23-17;1-9-6-13(20-14(19-9)10-2-4-24-5-3-10)21-16-12-7-11(17)8-18-15(12)22-23-16/h9-10,13H,3-8H2,1-2H3,(H2,21,22,23,24,25,26);8-10,12H,2-7H2,1H3,(H2,20,21,22,23,24,25);6-8,10H,2-5H2,1H3,(H2,21,22,23,24,25,26);7-8,11H,3-6H2,1-2H3,(H2,19,20,21,22,23,24);2-3,8-9,11H,4-7H2,1H3,(H2,19,20,21,22,23);6-8,10H,2-5H2,1H3,(H2,18,19,20,21,22,23). The zero-order chi connectivity index (χ0) is 104. The number of nitrogens with one attached hydrogen (secondary N) is 12. The van der Waals surface area contributed by atoms with Gasteiger partial charge in [-0.2, -0.15) is 30.6 Å². The van der Waals surface area contributed by atoms with Gasteiger partial charge in [0.05, 0.1) is 63.4 Å². The van der Waals surface area contributed by atoms with Crippen LogP contribution < -0.4 is 31.9 Å². The third-order valence-corrected chi connectivity index (χ3v) is 27.5. The fourth-order valence-corrected chi connectivity index (χ4v) is 19.2. The molecule has 1 aromatic carbocycles. The van der Waals surface area contributed by atoms with Gasteiger partial charge in [-0.1, -0.05) is 51.4 Å². The summed E-state index contributed by atoms with van der Waals surface area (Å²) in [6.45, 7) is 20.0. The van der Waals surface area contributed by atoms with Crippen molar-refractivity contribution in [1.82, 2.24) is 146 Å². The molecule has 0 spiro atoms. The average Bonchev–Trinajstić information content (AvgIpc) is 1.65. The molecule has 6 aliphatic rings. The monoisotopic (exact) mass is 2050 g/mol. The van der Waals surface area contributed by atoms with E-state index >= 15 is 0 Å². The summed E-state index contributed by atoms with van der Waals surface area (Å²) in [6, 6.07) is 18.8. The number of aryl methyl sites for hydroxylation is 6. The number of alkyl halides is 2. The van der Waals surface area contributed by atoms with Gasteiger partial charge in [-0.15, -0.1) is 0 Å². The van der Waals surface area contributed by atoms with Gasteiger partial charge in [0, 0.05) is 163 Å². The zero-order valence-corrected chi connectivity index (χ0v) is 84.1. The number of hydrogen-bond acceptors (Lipinski definition) is 32. The third-order valence-electron chi connectivity index (χ3n) is 27.5. The second-order valence-corrected chi connectivity index (χ2v) is 38.6. The second-order valence-electron chi connectivity index (χ2n) is 38.6. The first-order valence-corrected chi connectivity index (χ1v) is 50.7. The van der Waals surface area contributed by atoms with E-state index in [1.165, 1.54) is 93.8 Å². The van der Waals surface area contributed by atoms with Crippen LogP contribution in [0.1, 0.15) is 257 Å². The van der Waals surface area contributed by atoms with Crippen molar-refractivity contribution in [3.8, 4) is 0 Å². The Morgan fingerprint density at radius 2 is 0.540 bits per heavy atom. The van der Waals surface area contributed by atoms with Crippen molar-refractivity contribution < 1.29 is 49.3 Å². The van der Waals surface area contributed by atoms with Crippen LogP contribution in [0.15, 0.2) is 104 Å². The fraction of sp³-hybridized carbons (Fsp3) is 0.413. The minimum absolute atomic E-state index is 0.0901. The Bertz CT molecular complexity index is 7600. The predicted molar refractivity (Wildman–Crippen MR) is 550 cm³/mol. The smallest absolute Gasteiger partial charge is 0.248 e. The topological polar surface area (TPSA) is 491 Å². The van der Waals surface area contributed by atoms with Crippen LogP contribution in [-0.4, -0.2) is 191 Å². The van der Waals surface area contributed by atoms with Crippen LogP contribution in [0.2, 0.25) is 0 Å². The number of fused-ring (bicyclic) bond motifs is 6. The van der Waals surface area contributed by atoms with Crippen LogP contribution in [0.25, 0.3) is 66.1 Å². The van der Waals surface area contributed by atoms with Gasteiger partial charge in [-0.3, -0.25) is 30.6 Å². The first-order valence-electron chi connectivity index (χ1n) is 50.7. The molecule has 6 fully saturated rings. The number of hydrogen-bond donors (Lipinski definition) is 12. The molecule has 46 heteroatoms. The largest absolute Gasteiger partial charge is 0.381 e. The quantitative estimate of drug-likeness (QED) is 0.0280. The fourth-order valence-electron chi connectivity index (χ4n) is 19.2. The van der Waals surface area contributed by atoms with Crippen LogP contribution in [0.5, 0.6) is 0 Å². The van der Waals surface area contributed by atoms with E-state index in [2.05, 4.69) is 158 Å². The van der Waals surface area contributed by atoms with E-state index in [-0.39, 0.29) is 24.6 Å². The molecular weight excluding hydrogens is 1940 g/mol. The Kier molecular flexibility index (Phi) is 32.2. The van der Waals surface area contributed by atoms with Crippen LogP contribution in [0.3, 0.4) is 0 Å². The zero-order valence-electron chi connectivity index (χ0n) is 84.1. The summed E-state index contributed by atoms with van der Waals surface area (Å²) in [5.74, 6) is 8.81. The molecule has 38 nitrogen and oxygen atoms in total. The number of aromatic nitrogens is 29. The highest BCUT2D eigenvalue weighted by atomic mass is 19.3. The van der Waals surface area contributed by atoms with E-state index in [9.17, 15) is 35.1 Å². The first kappa shape index (κ1) is 103. The SMILES string of the molecule is Cc1cc(Nc2[nH]nc3ncc(F)cc23)nc(C2CCC(F)(F)CC2)n1.Cc1cc(Nc2[nH]nc3ncc(F)cc23)nc(C2CCCCCC2)n1.Cc1cc(Nc2[nH]nc3ncc(F)cc23)nc(C2CCOCC2)n1.Cc1cc(Nc2n[nH]c3ccc(F)cc23)nc(C2CCOCC2)n1.Cc1nc(C2CCCCCC2)nc(Nc2[nH]nc3ncc(F)cc23)c1C.Cc1nc(C2CCOCC2)nc(Nc2[nH]nc3ncc(F)cc23)c1C. The predicted octanol–water partition coefficient (Wildman–Crippen LogP) is 22.7. The Balaban J connectivity index is 0.000000113. The number of halogens is 8. The van der Waals surface area contributed by atoms with Crippen molar-refractivity contribution in [2.24, 2.45) is 0 Å². The van der Waals surface area contributed by atoms with Gasteiger partial charge in [-0.05, 0) is 181 Å². The lowest BCUT2D eigenvalue weighted by atomic mass is 9.86. The van der Waals surface area contributed by atoms with Crippen LogP contribution >= 0.6 is 0 Å². The molecule has 24 rings (SSSR count). The maximum absolute atomic E-state index is 13.6. The van der Waals surface area contributed by atoms with Gasteiger partial charge in [0.2, 0.25) is 5.92 Å². The number of aromatic amines is 6. The van der Waals surface area contributed by atoms with Gasteiger partial charge in [-0.25, -0.2) is 120 Å². The van der Waals surface area contributed by atoms with E-state index in [4.69, 9.17) is 34.1 Å². The minimum Gasteiger partial charge on any atom is -0.381 e. The summed E-state index contributed by atoms with van der Waals surface area (Å²) >= 11 is 0. The molecular formula is C104H115F8N35O3. The van der Waals surface area contributed by atoms with Gasteiger partial charge in [0.25, 0.3) is 0 Å². The lowest BCUT2D eigenvalue weighted by Gasteiger charge is -2.27. The number of pyridine rings is 5. The summed E-state index contributed by atoms with van der Waals surface area (Å²) < 4.78 is 124. The van der Waals surface area contributed by atoms with Gasteiger partial charge < -0.3 is 46.1 Å². The molecule has 18 aromatic rings. The summed E-state index contributed by atoms with van der Waals surface area (Å²) in [6.07, 6.45) is 26.4. The normalized spacial score (nSPS) is 16.1. The lowest BCUT2D eigenvalue weighted by Crippen LogP contribution is -2.24. The Labute approximate surface area is 855 Å². The number of nitrogens with zero attached hydrogens (tertiary/aromatic N) is 23. The first-order chi connectivity index (χ1) is 72.7. The third kappa shape index (κ3) is 25.7. The van der Waals surface area contributed by atoms with E-state index in [0.29, 0.717) is 173 Å². The van der Waals surface area contributed by atoms with Crippen LogP contribution in [0.4, 0.5) is 105 Å². The molecule has 17 aromatic heterocycles. The molecule has 0 amide bonds. The molecule has 0 unspecified atom stereocenters. The highest BCUT2D eigenvalue weighted by Gasteiger charge is 2.37. The maximum Gasteiger partial charge on any atom is 0.248 e. The van der Waals surface area contributed by atoms with Crippen molar-refractivity contribution in [2.45, 2.75) is 238 Å². The van der Waals surface area contributed by atoms with Crippen LogP contribution in [0, 0.1) is 90.3 Å². The number of H-pyrrole nitrogens is 6. The molecule has 3 aliphatic heterocycles. The van der Waals surface area contributed by atoms with E-state index < -0.39 is 35.0 Å². The maximum atomic E-state index is 13.6. The van der Waals surface area contributed by atoms with Crippen LogP contribution in [-0.2, 0) is 14.2 Å². The summed E-state index contributed by atoms with van der Waals surface area (Å²) in [5, 5.41) is 64.5. The highest BCUT2D eigenvalue weighted by molar-refractivity contribution is 5.94. The van der Waals surface area contributed by atoms with Gasteiger partial charge in [0.1, 0.15) is 134 Å². The van der Waals surface area contributed by atoms with Crippen molar-refractivity contribution in [1.29, 1.82) is 0 Å². The molecule has 3 saturated carbocycles. The highest BCUT2D eigenvalue weighted by Crippen LogP contribution is 2.43. The average molecular weight is 2060 g/mol. The molecule has 20 heterocycles. The Morgan fingerprint density at radius 1 is 0.267 bits per heavy atom. The van der Waals surface area contributed by atoms with Gasteiger partial charge >= 0.3 is 0 Å². The Hall–Kier alpha value is -15.6. The van der Waals surface area contributed by atoms with Crippen molar-refractivity contribution in [2.75, 3.05) is 71.5 Å². The molecule has 0 bridgehead atoms. The number of anilines is 12. The van der Waals surface area contributed by atoms with Crippen molar-refractivity contribution >= 4 is 136 Å². The molecule has 0 radical (unpaired) electrons. The van der Waals surface area contributed by atoms with Gasteiger partial charge in [0.15, 0.2) is 34.1 Å². The number of rotatable bonds is 18. The van der Waals surface area contributed by atoms with E-state index in [1.54, 1.807) is 12.1 Å². The molecule has 150 heavy (non-hydrogen) atoms. The molecule has 3 aliphatic carbocycles. The van der Waals surface area contributed by atoms with Crippen molar-refractivity contribution in [3.63, 3.8) is 0 Å². The summed E-state index contributed by atoms with van der Waals surface area (Å²) in [7, 11) is 0. The minimum atomic E-state index is -2.59. The summed E-state index contributed by atoms with van der Waals surface area (Å²) in [5.41, 5.74) is 10.2. The molecule has 3 saturated heterocycles. The molecule has 0 atom stereocenters. The lowest BCUT2D eigenvalue weighted by molar-refractivity contribution is -0.0387. The number of benzene rings is 1. The number of ether oxygens (including phenoxy) is 3. The second kappa shape index (κ2) is 46.8. The van der Waals surface area contributed by atoms with Crippen molar-refractivity contribution in [3.05, 3.63) is 219 Å². The van der Waals surface area contributed by atoms with E-state index in [1.807, 2.05) is 73.6 Å². The Morgan fingerprint density at radius 3 is 0.853 bits per heavy atom.